The van der Waals surface area contributed by atoms with Crippen LogP contribution in [0.4, 0.5) is 5.69 Å². The molecule has 1 heterocycles. The lowest BCUT2D eigenvalue weighted by Gasteiger charge is -2.21. The van der Waals surface area contributed by atoms with Gasteiger partial charge in [-0.05, 0) is 61.4 Å². The fraction of sp³-hybridized carbons (Fsp3) is 0.364. The molecule has 3 N–H and O–H groups in total. The molecule has 0 aliphatic carbocycles. The number of carboxylic acids is 1. The quantitative estimate of drug-likeness (QED) is 0.789. The van der Waals surface area contributed by atoms with E-state index in [1.54, 1.807) is 12.1 Å². The molecule has 5 heteroatoms. The van der Waals surface area contributed by atoms with Gasteiger partial charge in [0.1, 0.15) is 6.07 Å². The summed E-state index contributed by atoms with van der Waals surface area (Å²) in [4.78, 5) is 13.6. The molecule has 1 aliphatic rings. The molecule has 3 rings (SSSR count). The number of nitrogens with two attached hydrogens (primary N) is 1. The van der Waals surface area contributed by atoms with Crippen molar-refractivity contribution in [2.75, 3.05) is 18.0 Å². The number of aryl methyl sites for hydroxylation is 1. The Morgan fingerprint density at radius 2 is 2.15 bits per heavy atom. The van der Waals surface area contributed by atoms with Crippen LogP contribution in [0.2, 0.25) is 0 Å². The third kappa shape index (κ3) is 4.29. The number of nitriles is 1. The Morgan fingerprint density at radius 1 is 1.37 bits per heavy atom. The first-order valence-corrected chi connectivity index (χ1v) is 9.37. The van der Waals surface area contributed by atoms with E-state index in [1.807, 2.05) is 25.1 Å². The molecule has 5 nitrogen and oxygen atoms in total. The van der Waals surface area contributed by atoms with Crippen LogP contribution < -0.4 is 10.6 Å². The molecule has 1 unspecified atom stereocenters. The summed E-state index contributed by atoms with van der Waals surface area (Å²) < 4.78 is 0. The second-order valence-electron chi connectivity index (χ2n) is 7.25. The smallest absolute Gasteiger partial charge is 0.335 e. The topological polar surface area (TPSA) is 90.4 Å². The van der Waals surface area contributed by atoms with Crippen molar-refractivity contribution in [3.8, 4) is 6.07 Å². The van der Waals surface area contributed by atoms with Gasteiger partial charge in [-0.25, -0.2) is 4.79 Å². The number of carbonyl (C=O) groups is 1. The lowest BCUT2D eigenvalue weighted by molar-refractivity contribution is 0.0695. The summed E-state index contributed by atoms with van der Waals surface area (Å²) in [5, 5.41) is 18.9. The third-order valence-electron chi connectivity index (χ3n) is 5.02. The van der Waals surface area contributed by atoms with Gasteiger partial charge in [-0.3, -0.25) is 0 Å². The van der Waals surface area contributed by atoms with Gasteiger partial charge in [0.25, 0.3) is 0 Å². The molecule has 140 valence electrons. The summed E-state index contributed by atoms with van der Waals surface area (Å²) in [5.74, 6) is -0.884. The van der Waals surface area contributed by atoms with Crippen molar-refractivity contribution in [3.63, 3.8) is 0 Å². The van der Waals surface area contributed by atoms with Crippen molar-refractivity contribution < 1.29 is 9.90 Å². The van der Waals surface area contributed by atoms with E-state index in [-0.39, 0.29) is 6.04 Å². The number of hydrogen-bond acceptors (Lipinski definition) is 4. The van der Waals surface area contributed by atoms with E-state index in [0.29, 0.717) is 17.5 Å². The van der Waals surface area contributed by atoms with Gasteiger partial charge in [0, 0.05) is 19.1 Å². The van der Waals surface area contributed by atoms with Gasteiger partial charge in [0.2, 0.25) is 0 Å². The van der Waals surface area contributed by atoms with Crippen molar-refractivity contribution in [1.82, 2.24) is 0 Å². The number of benzene rings is 2. The highest BCUT2D eigenvalue weighted by molar-refractivity contribution is 5.89. The number of carboxylic acid groups (broad SMARTS) is 1. The van der Waals surface area contributed by atoms with Crippen LogP contribution >= 0.6 is 0 Å². The normalized spacial score (nSPS) is 13.9. The summed E-state index contributed by atoms with van der Waals surface area (Å²) in [7, 11) is 0. The van der Waals surface area contributed by atoms with Crippen LogP contribution in [0.25, 0.3) is 0 Å². The SMILES string of the molecule is CC(N)Cc1cc(C#N)c2c(c1)CCN2CCCc1ccccc1C(=O)O. The predicted octanol–water partition coefficient (Wildman–Crippen LogP) is 3.14. The van der Waals surface area contributed by atoms with Crippen LogP contribution in [0.5, 0.6) is 0 Å². The maximum Gasteiger partial charge on any atom is 0.335 e. The Hall–Kier alpha value is -2.84. The number of anilines is 1. The number of aromatic carboxylic acids is 1. The molecule has 27 heavy (non-hydrogen) atoms. The maximum absolute atomic E-state index is 11.3. The first kappa shape index (κ1) is 18.9. The largest absolute Gasteiger partial charge is 0.478 e. The summed E-state index contributed by atoms with van der Waals surface area (Å²) in [6.45, 7) is 3.68. The lowest BCUT2D eigenvalue weighted by Crippen LogP contribution is -2.23. The van der Waals surface area contributed by atoms with Crippen molar-refractivity contribution in [2.45, 2.75) is 38.6 Å². The van der Waals surface area contributed by atoms with Gasteiger partial charge in [-0.15, -0.1) is 0 Å². The molecule has 0 radical (unpaired) electrons. The molecule has 0 saturated carbocycles. The second kappa shape index (κ2) is 8.24. The molecular weight excluding hydrogens is 338 g/mol. The number of hydrogen-bond donors (Lipinski definition) is 2. The highest BCUT2D eigenvalue weighted by Gasteiger charge is 2.23. The summed E-state index contributed by atoms with van der Waals surface area (Å²) in [5.41, 5.74) is 11.2. The van der Waals surface area contributed by atoms with Crippen molar-refractivity contribution in [3.05, 3.63) is 64.2 Å². The average Bonchev–Trinajstić information content (AvgIpc) is 3.04. The Bertz CT molecular complexity index is 884. The first-order chi connectivity index (χ1) is 13.0. The van der Waals surface area contributed by atoms with Crippen LogP contribution in [0, 0.1) is 11.3 Å². The molecule has 0 spiro atoms. The van der Waals surface area contributed by atoms with Crippen LogP contribution in [-0.2, 0) is 19.3 Å². The molecule has 2 aromatic rings. The Morgan fingerprint density at radius 3 is 2.85 bits per heavy atom. The zero-order valence-corrected chi connectivity index (χ0v) is 15.6. The summed E-state index contributed by atoms with van der Waals surface area (Å²) in [6, 6.07) is 13.7. The van der Waals surface area contributed by atoms with E-state index in [1.165, 1.54) is 5.56 Å². The van der Waals surface area contributed by atoms with Crippen molar-refractivity contribution in [1.29, 1.82) is 5.26 Å². The minimum Gasteiger partial charge on any atom is -0.478 e. The monoisotopic (exact) mass is 363 g/mol. The first-order valence-electron chi connectivity index (χ1n) is 9.37. The zero-order chi connectivity index (χ0) is 19.4. The summed E-state index contributed by atoms with van der Waals surface area (Å²) >= 11 is 0. The molecule has 0 aromatic heterocycles. The Labute approximate surface area is 160 Å². The minimum atomic E-state index is -0.884. The van der Waals surface area contributed by atoms with Crippen LogP contribution in [0.1, 0.15) is 46.0 Å². The highest BCUT2D eigenvalue weighted by Crippen LogP contribution is 2.33. The third-order valence-corrected chi connectivity index (χ3v) is 5.02. The molecular formula is C22H25N3O2. The number of rotatable bonds is 7. The number of nitrogens with zero attached hydrogens (tertiary/aromatic N) is 2. The van der Waals surface area contributed by atoms with Crippen molar-refractivity contribution in [2.24, 2.45) is 5.73 Å². The Kier molecular flexibility index (Phi) is 5.78. The van der Waals surface area contributed by atoms with Crippen molar-refractivity contribution >= 4 is 11.7 Å². The van der Waals surface area contributed by atoms with Crippen LogP contribution in [0.3, 0.4) is 0 Å². The van der Waals surface area contributed by atoms with E-state index in [0.717, 1.165) is 49.2 Å². The van der Waals surface area contributed by atoms with Gasteiger partial charge in [-0.2, -0.15) is 5.26 Å². The zero-order valence-electron chi connectivity index (χ0n) is 15.6. The number of fused-ring (bicyclic) bond motifs is 1. The molecule has 0 fully saturated rings. The molecule has 1 atom stereocenters. The molecule has 0 amide bonds. The van der Waals surface area contributed by atoms with Gasteiger partial charge >= 0.3 is 5.97 Å². The maximum atomic E-state index is 11.3. The Balaban J connectivity index is 1.71. The fourth-order valence-corrected chi connectivity index (χ4v) is 3.90. The molecule has 1 aliphatic heterocycles. The average molecular weight is 363 g/mol. The van der Waals surface area contributed by atoms with Gasteiger partial charge in [-0.1, -0.05) is 24.3 Å². The van der Waals surface area contributed by atoms with E-state index >= 15 is 0 Å². The van der Waals surface area contributed by atoms with E-state index in [2.05, 4.69) is 17.0 Å². The fourth-order valence-electron chi connectivity index (χ4n) is 3.90. The summed E-state index contributed by atoms with van der Waals surface area (Å²) in [6.07, 6.45) is 3.26. The molecule has 0 bridgehead atoms. The standard InChI is InChI=1S/C22H25N3O2/c1-15(24)11-16-12-18-8-10-25(21(18)19(13-16)14-23)9-4-6-17-5-2-3-7-20(17)22(26)27/h2-3,5,7,12-13,15H,4,6,8-11,24H2,1H3,(H,26,27). The van der Waals surface area contributed by atoms with Crippen LogP contribution in [0.15, 0.2) is 36.4 Å². The van der Waals surface area contributed by atoms with Crippen LogP contribution in [-0.4, -0.2) is 30.2 Å². The van der Waals surface area contributed by atoms with Gasteiger partial charge in [0.05, 0.1) is 16.8 Å². The predicted molar refractivity (Wildman–Crippen MR) is 106 cm³/mol. The highest BCUT2D eigenvalue weighted by atomic mass is 16.4. The van der Waals surface area contributed by atoms with E-state index < -0.39 is 5.97 Å². The molecule has 2 aromatic carbocycles. The van der Waals surface area contributed by atoms with E-state index in [4.69, 9.17) is 5.73 Å². The lowest BCUT2D eigenvalue weighted by atomic mass is 9.99. The van der Waals surface area contributed by atoms with E-state index in [9.17, 15) is 15.2 Å². The van der Waals surface area contributed by atoms with Gasteiger partial charge < -0.3 is 15.7 Å². The molecule has 0 saturated heterocycles. The minimum absolute atomic E-state index is 0.0707. The van der Waals surface area contributed by atoms with Gasteiger partial charge in [0.15, 0.2) is 0 Å². The second-order valence-corrected chi connectivity index (χ2v) is 7.25.